The van der Waals surface area contributed by atoms with Gasteiger partial charge in [-0.05, 0) is 76.0 Å². The minimum Gasteiger partial charge on any atom is -0.494 e. The SMILES string of the molecule is OCC(c1ccc(OCCCN2CCCCC2)cc1)N1CCCCC1. The molecular formula is C21H34N2O2. The van der Waals surface area contributed by atoms with Crippen molar-refractivity contribution in [1.82, 2.24) is 9.80 Å². The van der Waals surface area contributed by atoms with Gasteiger partial charge in [-0.2, -0.15) is 0 Å². The molecule has 0 spiro atoms. The van der Waals surface area contributed by atoms with Crippen LogP contribution in [0.4, 0.5) is 0 Å². The fraction of sp³-hybridized carbons (Fsp3) is 0.714. The normalized spacial score (nSPS) is 21.2. The first-order chi connectivity index (χ1) is 12.4. The van der Waals surface area contributed by atoms with Crippen molar-refractivity contribution < 1.29 is 9.84 Å². The van der Waals surface area contributed by atoms with Gasteiger partial charge in [-0.15, -0.1) is 0 Å². The summed E-state index contributed by atoms with van der Waals surface area (Å²) in [7, 11) is 0. The summed E-state index contributed by atoms with van der Waals surface area (Å²) < 4.78 is 5.91. The molecule has 1 N–H and O–H groups in total. The molecule has 2 saturated heterocycles. The van der Waals surface area contributed by atoms with Crippen LogP contribution in [0.15, 0.2) is 24.3 Å². The van der Waals surface area contributed by atoms with Crippen molar-refractivity contribution in [3.63, 3.8) is 0 Å². The lowest BCUT2D eigenvalue weighted by molar-refractivity contribution is 0.104. The molecule has 1 atom stereocenters. The summed E-state index contributed by atoms with van der Waals surface area (Å²) in [6.07, 6.45) is 9.00. The van der Waals surface area contributed by atoms with E-state index in [2.05, 4.69) is 34.1 Å². The van der Waals surface area contributed by atoms with Gasteiger partial charge in [0.15, 0.2) is 0 Å². The highest BCUT2D eigenvalue weighted by Crippen LogP contribution is 2.26. The van der Waals surface area contributed by atoms with Gasteiger partial charge in [0.25, 0.3) is 0 Å². The molecule has 0 saturated carbocycles. The predicted octanol–water partition coefficient (Wildman–Crippen LogP) is 3.46. The van der Waals surface area contributed by atoms with E-state index in [0.717, 1.165) is 38.4 Å². The third-order valence-electron chi connectivity index (χ3n) is 5.61. The van der Waals surface area contributed by atoms with Crippen LogP contribution in [0, 0.1) is 0 Å². The molecule has 2 aliphatic rings. The van der Waals surface area contributed by atoms with E-state index in [1.54, 1.807) is 0 Å². The van der Waals surface area contributed by atoms with Crippen LogP contribution >= 0.6 is 0 Å². The number of aliphatic hydroxyl groups is 1. The summed E-state index contributed by atoms with van der Waals surface area (Å²) in [5.74, 6) is 0.942. The number of likely N-dealkylation sites (tertiary alicyclic amines) is 2. The fourth-order valence-corrected chi connectivity index (χ4v) is 4.11. The van der Waals surface area contributed by atoms with Crippen molar-refractivity contribution in [2.75, 3.05) is 45.9 Å². The number of hydrogen-bond donors (Lipinski definition) is 1. The molecule has 2 aliphatic heterocycles. The topological polar surface area (TPSA) is 35.9 Å². The predicted molar refractivity (Wildman–Crippen MR) is 102 cm³/mol. The maximum absolute atomic E-state index is 9.82. The van der Waals surface area contributed by atoms with Crippen molar-refractivity contribution in [3.8, 4) is 5.75 Å². The van der Waals surface area contributed by atoms with Crippen LogP contribution in [0.3, 0.4) is 0 Å². The van der Waals surface area contributed by atoms with Crippen molar-refractivity contribution in [1.29, 1.82) is 0 Å². The van der Waals surface area contributed by atoms with Crippen LogP contribution in [-0.2, 0) is 0 Å². The van der Waals surface area contributed by atoms with Crippen molar-refractivity contribution in [3.05, 3.63) is 29.8 Å². The number of nitrogens with zero attached hydrogens (tertiary/aromatic N) is 2. The zero-order valence-electron chi connectivity index (χ0n) is 15.5. The second-order valence-corrected chi connectivity index (χ2v) is 7.47. The number of piperidine rings is 2. The van der Waals surface area contributed by atoms with E-state index in [4.69, 9.17) is 4.74 Å². The summed E-state index contributed by atoms with van der Waals surface area (Å²) in [4.78, 5) is 4.97. The largest absolute Gasteiger partial charge is 0.494 e. The average Bonchev–Trinajstić information content (AvgIpc) is 2.69. The molecule has 0 radical (unpaired) electrons. The molecule has 2 fully saturated rings. The second-order valence-electron chi connectivity index (χ2n) is 7.47. The van der Waals surface area contributed by atoms with E-state index < -0.39 is 0 Å². The molecule has 1 aromatic rings. The Morgan fingerprint density at radius 3 is 2.16 bits per heavy atom. The summed E-state index contributed by atoms with van der Waals surface area (Å²) in [5.41, 5.74) is 1.20. The molecular weight excluding hydrogens is 312 g/mol. The molecule has 25 heavy (non-hydrogen) atoms. The number of hydrogen-bond acceptors (Lipinski definition) is 4. The van der Waals surface area contributed by atoms with Crippen LogP contribution in [0.25, 0.3) is 0 Å². The van der Waals surface area contributed by atoms with Crippen LogP contribution in [-0.4, -0.2) is 60.8 Å². The maximum Gasteiger partial charge on any atom is 0.119 e. The van der Waals surface area contributed by atoms with Gasteiger partial charge in [0, 0.05) is 6.54 Å². The van der Waals surface area contributed by atoms with Crippen LogP contribution < -0.4 is 4.74 Å². The van der Waals surface area contributed by atoms with Crippen molar-refractivity contribution in [2.24, 2.45) is 0 Å². The molecule has 0 aromatic heterocycles. The molecule has 3 rings (SSSR count). The lowest BCUT2D eigenvalue weighted by Crippen LogP contribution is -2.35. The highest BCUT2D eigenvalue weighted by Gasteiger charge is 2.21. The highest BCUT2D eigenvalue weighted by atomic mass is 16.5. The van der Waals surface area contributed by atoms with Gasteiger partial charge in [0.2, 0.25) is 0 Å². The summed E-state index contributed by atoms with van der Waals surface area (Å²) in [5, 5.41) is 9.82. The summed E-state index contributed by atoms with van der Waals surface area (Å²) >= 11 is 0. The molecule has 4 heteroatoms. The lowest BCUT2D eigenvalue weighted by atomic mass is 10.0. The quantitative estimate of drug-likeness (QED) is 0.731. The first-order valence-electron chi connectivity index (χ1n) is 10.2. The Balaban J connectivity index is 1.42. The van der Waals surface area contributed by atoms with Crippen molar-refractivity contribution in [2.45, 2.75) is 51.0 Å². The molecule has 1 unspecified atom stereocenters. The summed E-state index contributed by atoms with van der Waals surface area (Å²) in [6, 6.07) is 8.49. The van der Waals surface area contributed by atoms with Crippen LogP contribution in [0.1, 0.15) is 56.6 Å². The molecule has 140 valence electrons. The van der Waals surface area contributed by atoms with E-state index >= 15 is 0 Å². The second kappa shape index (κ2) is 10.1. The number of rotatable bonds is 8. The van der Waals surface area contributed by atoms with E-state index in [9.17, 15) is 5.11 Å². The minimum absolute atomic E-state index is 0.133. The fourth-order valence-electron chi connectivity index (χ4n) is 4.11. The van der Waals surface area contributed by atoms with E-state index in [1.165, 1.54) is 57.2 Å². The van der Waals surface area contributed by atoms with E-state index in [0.29, 0.717) is 0 Å². The molecule has 0 bridgehead atoms. The Kier molecular flexibility index (Phi) is 7.58. The molecule has 4 nitrogen and oxygen atoms in total. The third-order valence-corrected chi connectivity index (χ3v) is 5.61. The highest BCUT2D eigenvalue weighted by molar-refractivity contribution is 5.29. The first kappa shape index (κ1) is 18.7. The Morgan fingerprint density at radius 2 is 1.52 bits per heavy atom. The smallest absolute Gasteiger partial charge is 0.119 e. The number of ether oxygens (including phenoxy) is 1. The van der Waals surface area contributed by atoms with Gasteiger partial charge in [-0.1, -0.05) is 25.0 Å². The Morgan fingerprint density at radius 1 is 0.880 bits per heavy atom. The summed E-state index contributed by atoms with van der Waals surface area (Å²) in [6.45, 7) is 6.84. The minimum atomic E-state index is 0.133. The first-order valence-corrected chi connectivity index (χ1v) is 10.2. The van der Waals surface area contributed by atoms with Gasteiger partial charge < -0.3 is 14.7 Å². The zero-order valence-corrected chi connectivity index (χ0v) is 15.5. The van der Waals surface area contributed by atoms with Gasteiger partial charge in [-0.3, -0.25) is 4.90 Å². The van der Waals surface area contributed by atoms with E-state index in [1.807, 2.05) is 0 Å². The maximum atomic E-state index is 9.82. The molecule has 2 heterocycles. The van der Waals surface area contributed by atoms with Crippen molar-refractivity contribution >= 4 is 0 Å². The number of aliphatic hydroxyl groups excluding tert-OH is 1. The van der Waals surface area contributed by atoms with Crippen LogP contribution in [0.2, 0.25) is 0 Å². The molecule has 0 amide bonds. The molecule has 0 aliphatic carbocycles. The zero-order chi connectivity index (χ0) is 17.3. The van der Waals surface area contributed by atoms with Gasteiger partial charge >= 0.3 is 0 Å². The standard InChI is InChI=1S/C21H34N2O2/c24-18-21(23-15-5-2-6-16-23)19-8-10-20(11-9-19)25-17-7-14-22-12-3-1-4-13-22/h8-11,21,24H,1-7,12-18H2. The average molecular weight is 347 g/mol. The van der Waals surface area contributed by atoms with Gasteiger partial charge in [-0.25, -0.2) is 0 Å². The Hall–Kier alpha value is -1.10. The third kappa shape index (κ3) is 5.70. The van der Waals surface area contributed by atoms with Gasteiger partial charge in [0.05, 0.1) is 19.3 Å². The van der Waals surface area contributed by atoms with Crippen LogP contribution in [0.5, 0.6) is 5.75 Å². The van der Waals surface area contributed by atoms with Gasteiger partial charge in [0.1, 0.15) is 5.75 Å². The molecule has 1 aromatic carbocycles. The Bertz CT molecular complexity index is 479. The van der Waals surface area contributed by atoms with E-state index in [-0.39, 0.29) is 12.6 Å². The lowest BCUT2D eigenvalue weighted by Gasteiger charge is -2.33. The Labute approximate surface area is 152 Å². The number of benzene rings is 1. The monoisotopic (exact) mass is 346 g/mol.